The van der Waals surface area contributed by atoms with Gasteiger partial charge in [-0.15, -0.1) is 0 Å². The molecule has 1 aliphatic rings. The number of hydrogen-bond acceptors (Lipinski definition) is 4. The highest BCUT2D eigenvalue weighted by atomic mass is 15.2. The van der Waals surface area contributed by atoms with E-state index in [1.165, 1.54) is 25.7 Å². The molecule has 0 bridgehead atoms. The minimum Gasteiger partial charge on any atom is -0.357 e. The monoisotopic (exact) mass is 276 g/mol. The van der Waals surface area contributed by atoms with Crippen LogP contribution in [0.2, 0.25) is 0 Å². The van der Waals surface area contributed by atoms with E-state index >= 15 is 0 Å². The molecule has 0 spiro atoms. The molecule has 0 aliphatic heterocycles. The lowest BCUT2D eigenvalue weighted by Gasteiger charge is -2.35. The van der Waals surface area contributed by atoms with E-state index in [-0.39, 0.29) is 0 Å². The Kier molecular flexibility index (Phi) is 5.21. The van der Waals surface area contributed by atoms with Crippen molar-refractivity contribution in [3.63, 3.8) is 0 Å². The Morgan fingerprint density at radius 2 is 2.15 bits per heavy atom. The van der Waals surface area contributed by atoms with Gasteiger partial charge in [0.25, 0.3) is 0 Å². The van der Waals surface area contributed by atoms with Gasteiger partial charge >= 0.3 is 0 Å². The molecular formula is C16H28N4. The van der Waals surface area contributed by atoms with E-state index in [0.29, 0.717) is 6.04 Å². The summed E-state index contributed by atoms with van der Waals surface area (Å²) in [5, 5.41) is 3.29. The Bertz CT molecular complexity index is 432. The molecule has 2 rings (SSSR count). The highest BCUT2D eigenvalue weighted by Gasteiger charge is 2.23. The van der Waals surface area contributed by atoms with Gasteiger partial charge in [-0.3, -0.25) is 0 Å². The minimum absolute atomic E-state index is 0.618. The molecule has 4 heteroatoms. The second-order valence-electron chi connectivity index (χ2n) is 6.15. The fourth-order valence-electron chi connectivity index (χ4n) is 2.99. The van der Waals surface area contributed by atoms with E-state index in [0.717, 1.165) is 36.3 Å². The third-order valence-electron chi connectivity index (χ3n) is 4.19. The van der Waals surface area contributed by atoms with Gasteiger partial charge in [-0.05, 0) is 32.1 Å². The highest BCUT2D eigenvalue weighted by Crippen LogP contribution is 2.29. The van der Waals surface area contributed by atoms with Crippen LogP contribution in [0.25, 0.3) is 0 Å². The van der Waals surface area contributed by atoms with Crippen molar-refractivity contribution < 1.29 is 0 Å². The van der Waals surface area contributed by atoms with Gasteiger partial charge in [0, 0.05) is 31.4 Å². The van der Waals surface area contributed by atoms with Crippen molar-refractivity contribution >= 4 is 11.8 Å². The summed E-state index contributed by atoms with van der Waals surface area (Å²) in [6, 6.07) is 2.71. The van der Waals surface area contributed by atoms with E-state index in [9.17, 15) is 0 Å². The number of anilines is 2. The van der Waals surface area contributed by atoms with Crippen molar-refractivity contribution in [1.82, 2.24) is 9.97 Å². The first-order valence-electron chi connectivity index (χ1n) is 7.92. The van der Waals surface area contributed by atoms with E-state index in [1.54, 1.807) is 0 Å². The Labute approximate surface area is 123 Å². The first-order valence-corrected chi connectivity index (χ1v) is 7.92. The zero-order chi connectivity index (χ0) is 14.5. The topological polar surface area (TPSA) is 41.1 Å². The predicted octanol–water partition coefficient (Wildman–Crippen LogP) is 3.62. The fraction of sp³-hybridized carbons (Fsp3) is 0.750. The van der Waals surface area contributed by atoms with Crippen LogP contribution in [0.1, 0.15) is 51.6 Å². The van der Waals surface area contributed by atoms with Gasteiger partial charge < -0.3 is 10.2 Å². The molecule has 1 aromatic rings. The summed E-state index contributed by atoms with van der Waals surface area (Å²) in [7, 11) is 2.17. The Balaban J connectivity index is 2.11. The first kappa shape index (κ1) is 15.1. The van der Waals surface area contributed by atoms with Crippen molar-refractivity contribution in [2.75, 3.05) is 23.8 Å². The van der Waals surface area contributed by atoms with Gasteiger partial charge in [0.15, 0.2) is 0 Å². The lowest BCUT2D eigenvalue weighted by Crippen LogP contribution is -2.36. The highest BCUT2D eigenvalue weighted by molar-refractivity contribution is 5.45. The Hall–Kier alpha value is -1.32. The van der Waals surface area contributed by atoms with Gasteiger partial charge in [-0.25, -0.2) is 4.98 Å². The smallest absolute Gasteiger partial charge is 0.224 e. The van der Waals surface area contributed by atoms with E-state index < -0.39 is 0 Å². The summed E-state index contributed by atoms with van der Waals surface area (Å²) in [4.78, 5) is 11.5. The van der Waals surface area contributed by atoms with Crippen LogP contribution in [-0.4, -0.2) is 29.6 Å². The summed E-state index contributed by atoms with van der Waals surface area (Å²) in [6.45, 7) is 7.48. The Morgan fingerprint density at radius 1 is 1.35 bits per heavy atom. The summed E-state index contributed by atoms with van der Waals surface area (Å²) in [5.41, 5.74) is 1.03. The van der Waals surface area contributed by atoms with Crippen molar-refractivity contribution in [3.05, 3.63) is 11.8 Å². The summed E-state index contributed by atoms with van der Waals surface area (Å²) < 4.78 is 0. The molecule has 20 heavy (non-hydrogen) atoms. The molecule has 1 aromatic heterocycles. The molecule has 0 aromatic carbocycles. The molecule has 2 atom stereocenters. The zero-order valence-electron chi connectivity index (χ0n) is 13.3. The van der Waals surface area contributed by atoms with Gasteiger partial charge in [-0.1, -0.05) is 26.7 Å². The second kappa shape index (κ2) is 6.91. The van der Waals surface area contributed by atoms with Gasteiger partial charge in [0.2, 0.25) is 5.95 Å². The lowest BCUT2D eigenvalue weighted by atomic mass is 9.86. The normalized spacial score (nSPS) is 22.6. The SMILES string of the molecule is CCCNc1nc(C)cc(N(C)C2CCCC(C)C2)n1. The number of aromatic nitrogens is 2. The molecule has 1 fully saturated rings. The minimum atomic E-state index is 0.618. The van der Waals surface area contributed by atoms with Crippen LogP contribution in [0.5, 0.6) is 0 Å². The average Bonchev–Trinajstić information content (AvgIpc) is 2.43. The molecule has 2 unspecified atom stereocenters. The van der Waals surface area contributed by atoms with E-state index in [2.05, 4.69) is 47.1 Å². The maximum Gasteiger partial charge on any atom is 0.224 e. The van der Waals surface area contributed by atoms with Gasteiger partial charge in [-0.2, -0.15) is 4.98 Å². The number of nitrogens with one attached hydrogen (secondary N) is 1. The van der Waals surface area contributed by atoms with Crippen LogP contribution >= 0.6 is 0 Å². The van der Waals surface area contributed by atoms with E-state index in [1.807, 2.05) is 6.92 Å². The molecule has 0 saturated heterocycles. The maximum absolute atomic E-state index is 4.67. The molecule has 1 heterocycles. The van der Waals surface area contributed by atoms with Crippen LogP contribution in [0.15, 0.2) is 6.07 Å². The summed E-state index contributed by atoms with van der Waals surface area (Å²) in [5.74, 6) is 2.64. The Morgan fingerprint density at radius 3 is 2.85 bits per heavy atom. The van der Waals surface area contributed by atoms with Crippen LogP contribution in [0.3, 0.4) is 0 Å². The van der Waals surface area contributed by atoms with E-state index in [4.69, 9.17) is 0 Å². The number of rotatable bonds is 5. The second-order valence-corrected chi connectivity index (χ2v) is 6.15. The lowest BCUT2D eigenvalue weighted by molar-refractivity contribution is 0.335. The molecule has 112 valence electrons. The van der Waals surface area contributed by atoms with Crippen molar-refractivity contribution in [1.29, 1.82) is 0 Å². The van der Waals surface area contributed by atoms with Gasteiger partial charge in [0.05, 0.1) is 0 Å². The maximum atomic E-state index is 4.67. The van der Waals surface area contributed by atoms with Crippen LogP contribution in [0.4, 0.5) is 11.8 Å². The first-order chi connectivity index (χ1) is 9.60. The number of nitrogens with zero attached hydrogens (tertiary/aromatic N) is 3. The number of hydrogen-bond donors (Lipinski definition) is 1. The van der Waals surface area contributed by atoms with Crippen molar-refractivity contribution in [3.8, 4) is 0 Å². The largest absolute Gasteiger partial charge is 0.357 e. The predicted molar refractivity (Wildman–Crippen MR) is 85.4 cm³/mol. The molecule has 0 amide bonds. The van der Waals surface area contributed by atoms with Crippen molar-refractivity contribution in [2.24, 2.45) is 5.92 Å². The van der Waals surface area contributed by atoms with Crippen LogP contribution in [-0.2, 0) is 0 Å². The standard InChI is InChI=1S/C16H28N4/c1-5-9-17-16-18-13(3)11-15(19-16)20(4)14-8-6-7-12(2)10-14/h11-12,14H,5-10H2,1-4H3,(H,17,18,19). The van der Waals surface area contributed by atoms with Gasteiger partial charge in [0.1, 0.15) is 5.82 Å². The fourth-order valence-corrected chi connectivity index (χ4v) is 2.99. The summed E-state index contributed by atoms with van der Waals surface area (Å²) >= 11 is 0. The van der Waals surface area contributed by atoms with Crippen LogP contribution in [0, 0.1) is 12.8 Å². The third kappa shape index (κ3) is 3.84. The molecule has 1 aliphatic carbocycles. The van der Waals surface area contributed by atoms with Crippen LogP contribution < -0.4 is 10.2 Å². The molecule has 0 radical (unpaired) electrons. The molecule has 1 N–H and O–H groups in total. The zero-order valence-corrected chi connectivity index (χ0v) is 13.3. The average molecular weight is 276 g/mol. The molecular weight excluding hydrogens is 248 g/mol. The third-order valence-corrected chi connectivity index (χ3v) is 4.19. The molecule has 1 saturated carbocycles. The quantitative estimate of drug-likeness (QED) is 0.891. The van der Waals surface area contributed by atoms with Crippen molar-refractivity contribution in [2.45, 2.75) is 58.9 Å². The molecule has 4 nitrogen and oxygen atoms in total. The number of aryl methyl sites for hydroxylation is 1. The summed E-state index contributed by atoms with van der Waals surface area (Å²) in [6.07, 6.45) is 6.35.